The number of amides is 1. The van der Waals surface area contributed by atoms with E-state index in [9.17, 15) is 18.0 Å². The van der Waals surface area contributed by atoms with Crippen molar-refractivity contribution >= 4 is 23.1 Å². The Morgan fingerprint density at radius 2 is 1.74 bits per heavy atom. The Morgan fingerprint density at radius 3 is 2.17 bits per heavy atom. The zero-order valence-corrected chi connectivity index (χ0v) is 12.4. The Morgan fingerprint density at radius 1 is 1.17 bits per heavy atom. The number of amidine groups is 1. The van der Waals surface area contributed by atoms with E-state index in [-0.39, 0.29) is 5.69 Å². The Balaban J connectivity index is 3.21. The van der Waals surface area contributed by atoms with Crippen LogP contribution in [-0.4, -0.2) is 17.9 Å². The van der Waals surface area contributed by atoms with Crippen molar-refractivity contribution in [2.75, 3.05) is 10.6 Å². The minimum Gasteiger partial charge on any atom is -0.338 e. The van der Waals surface area contributed by atoms with Crippen LogP contribution in [0.1, 0.15) is 6.92 Å². The molecule has 0 aromatic heterocycles. The molecule has 0 saturated heterocycles. The van der Waals surface area contributed by atoms with Crippen molar-refractivity contribution in [1.29, 1.82) is 0 Å². The number of para-hydroxylation sites is 2. The summed E-state index contributed by atoms with van der Waals surface area (Å²) in [5.41, 5.74) is -0.388. The topological polar surface area (TPSA) is 53.5 Å². The number of benzene rings is 1. The SMILES string of the molecule is C=CN=C(Nc1ccccc1NC(=O)C=C)/C(=C\C)C(F)(F)F. The third kappa shape index (κ3) is 5.14. The van der Waals surface area contributed by atoms with E-state index in [1.54, 1.807) is 12.1 Å². The summed E-state index contributed by atoms with van der Waals surface area (Å²) in [6.07, 6.45) is -1.62. The first-order valence-electron chi connectivity index (χ1n) is 6.55. The van der Waals surface area contributed by atoms with Gasteiger partial charge in [-0.05, 0) is 25.1 Å². The van der Waals surface area contributed by atoms with Crippen molar-refractivity contribution in [2.24, 2.45) is 4.99 Å². The van der Waals surface area contributed by atoms with Gasteiger partial charge in [0.2, 0.25) is 5.91 Å². The second-order valence-electron chi connectivity index (χ2n) is 4.22. The number of hydrogen-bond donors (Lipinski definition) is 2. The molecule has 0 radical (unpaired) electrons. The van der Waals surface area contributed by atoms with Crippen LogP contribution in [0.25, 0.3) is 0 Å². The zero-order chi connectivity index (χ0) is 17.5. The lowest BCUT2D eigenvalue weighted by atomic mass is 10.2. The number of nitrogens with zero attached hydrogens (tertiary/aromatic N) is 1. The smallest absolute Gasteiger partial charge is 0.338 e. The molecule has 0 aliphatic heterocycles. The highest BCUT2D eigenvalue weighted by Crippen LogP contribution is 2.29. The average Bonchev–Trinajstić information content (AvgIpc) is 2.48. The van der Waals surface area contributed by atoms with Crippen molar-refractivity contribution in [3.05, 3.63) is 61.3 Å². The van der Waals surface area contributed by atoms with Crippen LogP contribution in [0, 0.1) is 0 Å². The van der Waals surface area contributed by atoms with E-state index in [4.69, 9.17) is 0 Å². The normalized spacial score (nSPS) is 12.5. The average molecular weight is 323 g/mol. The summed E-state index contributed by atoms with van der Waals surface area (Å²) < 4.78 is 39.2. The Bertz CT molecular complexity index is 661. The van der Waals surface area contributed by atoms with Gasteiger partial charge >= 0.3 is 6.18 Å². The van der Waals surface area contributed by atoms with Crippen LogP contribution in [0.2, 0.25) is 0 Å². The van der Waals surface area contributed by atoms with Crippen molar-refractivity contribution in [2.45, 2.75) is 13.1 Å². The minimum atomic E-state index is -4.58. The van der Waals surface area contributed by atoms with Gasteiger partial charge in [0.1, 0.15) is 5.84 Å². The Labute approximate surface area is 132 Å². The van der Waals surface area contributed by atoms with Gasteiger partial charge in [0.15, 0.2) is 0 Å². The number of alkyl halides is 3. The number of anilines is 2. The number of carbonyl (C=O) groups is 1. The van der Waals surface area contributed by atoms with Gasteiger partial charge in [-0.1, -0.05) is 31.4 Å². The minimum absolute atomic E-state index is 0.256. The first-order valence-corrected chi connectivity index (χ1v) is 6.55. The third-order valence-corrected chi connectivity index (χ3v) is 2.69. The zero-order valence-electron chi connectivity index (χ0n) is 12.4. The molecular weight excluding hydrogens is 307 g/mol. The van der Waals surface area contributed by atoms with Crippen LogP contribution in [0.15, 0.2) is 66.3 Å². The fourth-order valence-corrected chi connectivity index (χ4v) is 1.71. The summed E-state index contributed by atoms with van der Waals surface area (Å²) in [6, 6.07) is 6.30. The van der Waals surface area contributed by atoms with Gasteiger partial charge < -0.3 is 10.6 Å². The van der Waals surface area contributed by atoms with E-state index in [0.717, 1.165) is 18.4 Å². The molecule has 1 aromatic carbocycles. The molecule has 1 amide bonds. The Hall–Kier alpha value is -2.83. The standard InChI is InChI=1S/C16H16F3N3O/c1-4-11(16(17,18)19)15(20-6-3)22-13-10-8-7-9-12(13)21-14(23)5-2/h4-10H,2-3H2,1H3,(H,20,22)(H,21,23)/b11-4+. The lowest BCUT2D eigenvalue weighted by Gasteiger charge is -2.17. The highest BCUT2D eigenvalue weighted by Gasteiger charge is 2.36. The van der Waals surface area contributed by atoms with Gasteiger partial charge in [0, 0.05) is 6.20 Å². The molecule has 0 spiro atoms. The molecule has 0 heterocycles. The highest BCUT2D eigenvalue weighted by molar-refractivity contribution is 6.11. The molecule has 0 fully saturated rings. The predicted molar refractivity (Wildman–Crippen MR) is 86.3 cm³/mol. The maximum atomic E-state index is 13.1. The van der Waals surface area contributed by atoms with Crippen molar-refractivity contribution in [3.63, 3.8) is 0 Å². The molecule has 0 unspecified atom stereocenters. The molecule has 0 atom stereocenters. The molecule has 0 bridgehead atoms. The van der Waals surface area contributed by atoms with E-state index < -0.39 is 23.5 Å². The fraction of sp³-hybridized carbons (Fsp3) is 0.125. The van der Waals surface area contributed by atoms with Crippen LogP contribution in [0.5, 0.6) is 0 Å². The summed E-state index contributed by atoms with van der Waals surface area (Å²) in [5, 5.41) is 5.08. The maximum absolute atomic E-state index is 13.1. The molecule has 7 heteroatoms. The van der Waals surface area contributed by atoms with Crippen LogP contribution in [0.4, 0.5) is 24.5 Å². The van der Waals surface area contributed by atoms with E-state index in [1.165, 1.54) is 19.1 Å². The summed E-state index contributed by atoms with van der Waals surface area (Å²) in [5.74, 6) is -0.904. The maximum Gasteiger partial charge on any atom is 0.419 e. The summed E-state index contributed by atoms with van der Waals surface area (Å²) in [6.45, 7) is 7.90. The van der Waals surface area contributed by atoms with E-state index >= 15 is 0 Å². The molecule has 122 valence electrons. The largest absolute Gasteiger partial charge is 0.419 e. The molecule has 4 nitrogen and oxygen atoms in total. The molecule has 1 aromatic rings. The van der Waals surface area contributed by atoms with Gasteiger partial charge in [-0.25, -0.2) is 4.99 Å². The molecule has 0 saturated carbocycles. The van der Waals surface area contributed by atoms with Crippen LogP contribution < -0.4 is 10.6 Å². The van der Waals surface area contributed by atoms with E-state index in [0.29, 0.717) is 5.69 Å². The van der Waals surface area contributed by atoms with Crippen LogP contribution in [0.3, 0.4) is 0 Å². The van der Waals surface area contributed by atoms with Gasteiger partial charge in [-0.3, -0.25) is 4.79 Å². The van der Waals surface area contributed by atoms with Crippen LogP contribution >= 0.6 is 0 Å². The number of allylic oxidation sites excluding steroid dienone is 1. The summed E-state index contributed by atoms with van der Waals surface area (Å²) in [4.78, 5) is 15.0. The quantitative estimate of drug-likeness (QED) is 0.483. The van der Waals surface area contributed by atoms with Crippen LogP contribution in [-0.2, 0) is 4.79 Å². The number of nitrogens with one attached hydrogen (secondary N) is 2. The molecule has 0 aliphatic rings. The van der Waals surface area contributed by atoms with E-state index in [2.05, 4.69) is 28.8 Å². The first kappa shape index (κ1) is 18.2. The lowest BCUT2D eigenvalue weighted by Crippen LogP contribution is -2.26. The van der Waals surface area contributed by atoms with Crippen molar-refractivity contribution < 1.29 is 18.0 Å². The second-order valence-corrected chi connectivity index (χ2v) is 4.22. The number of halogens is 3. The number of aliphatic imine (C=N–C) groups is 1. The fourth-order valence-electron chi connectivity index (χ4n) is 1.71. The summed E-state index contributed by atoms with van der Waals surface area (Å²) in [7, 11) is 0. The Kier molecular flexibility index (Phi) is 6.32. The number of hydrogen-bond acceptors (Lipinski definition) is 2. The van der Waals surface area contributed by atoms with Gasteiger partial charge in [0.05, 0.1) is 16.9 Å². The van der Waals surface area contributed by atoms with Crippen molar-refractivity contribution in [3.8, 4) is 0 Å². The first-order chi connectivity index (χ1) is 10.8. The van der Waals surface area contributed by atoms with E-state index in [1.807, 2.05) is 0 Å². The third-order valence-electron chi connectivity index (χ3n) is 2.69. The van der Waals surface area contributed by atoms with Crippen molar-refractivity contribution in [1.82, 2.24) is 0 Å². The van der Waals surface area contributed by atoms with Gasteiger partial charge in [-0.15, -0.1) is 0 Å². The van der Waals surface area contributed by atoms with Gasteiger partial charge in [-0.2, -0.15) is 13.2 Å². The molecule has 2 N–H and O–H groups in total. The predicted octanol–water partition coefficient (Wildman–Crippen LogP) is 4.27. The number of rotatable bonds is 5. The molecule has 23 heavy (non-hydrogen) atoms. The highest BCUT2D eigenvalue weighted by atomic mass is 19.4. The molecule has 1 rings (SSSR count). The number of carbonyl (C=O) groups excluding carboxylic acids is 1. The lowest BCUT2D eigenvalue weighted by molar-refractivity contribution is -0.111. The monoisotopic (exact) mass is 323 g/mol. The molecule has 0 aliphatic carbocycles. The summed E-state index contributed by atoms with van der Waals surface area (Å²) >= 11 is 0. The van der Waals surface area contributed by atoms with Gasteiger partial charge in [0.25, 0.3) is 0 Å². The molecular formula is C16H16F3N3O. The second kappa shape index (κ2) is 7.98.